The van der Waals surface area contributed by atoms with Crippen molar-refractivity contribution in [2.45, 2.75) is 93.9 Å². The van der Waals surface area contributed by atoms with Gasteiger partial charge in [0.25, 0.3) is 0 Å². The summed E-state index contributed by atoms with van der Waals surface area (Å²) in [6.45, 7) is 3.52. The Bertz CT molecular complexity index is 1490. The minimum absolute atomic E-state index is 0.0136. The molecule has 0 aliphatic carbocycles. The first-order valence-electron chi connectivity index (χ1n) is 17.0. The Morgan fingerprint density at radius 1 is 0.667 bits per heavy atom. The molecule has 3 saturated heterocycles. The molecule has 3 aliphatic rings. The smallest absolute Gasteiger partial charge is 0.342 e. The molecule has 2 aromatic carbocycles. The number of likely N-dealkylation sites (tertiary alicyclic amines) is 3. The zero-order chi connectivity index (χ0) is 37.4. The number of piperidine rings is 3. The molecule has 0 N–H and O–H groups in total. The summed E-state index contributed by atoms with van der Waals surface area (Å²) in [6, 6.07) is 3.08. The summed E-state index contributed by atoms with van der Waals surface area (Å²) in [7, 11) is 0. The van der Waals surface area contributed by atoms with Gasteiger partial charge in [-0.05, 0) is 119 Å². The first kappa shape index (κ1) is 39.2. The van der Waals surface area contributed by atoms with Crippen LogP contribution >= 0.6 is 0 Å². The number of benzene rings is 2. The summed E-state index contributed by atoms with van der Waals surface area (Å²) in [4.78, 5) is 19.3. The lowest BCUT2D eigenvalue weighted by Crippen LogP contribution is -2.51. The highest BCUT2D eigenvalue weighted by molar-refractivity contribution is 5.79. The van der Waals surface area contributed by atoms with Gasteiger partial charge in [0, 0.05) is 24.5 Å². The van der Waals surface area contributed by atoms with Crippen molar-refractivity contribution in [3.05, 3.63) is 69.8 Å². The molecular weight excluding hydrogens is 706 g/mol. The quantitative estimate of drug-likeness (QED) is 0.265. The van der Waals surface area contributed by atoms with Crippen LogP contribution in [0.4, 0.5) is 52.7 Å². The average Bonchev–Trinajstić information content (AvgIpc) is 3.06. The fraction of sp³-hybridized carbons (Fsp3) is 0.629. The molecule has 0 radical (unpaired) electrons. The van der Waals surface area contributed by atoms with Crippen molar-refractivity contribution in [1.82, 2.24) is 14.7 Å². The minimum Gasteiger partial charge on any atom is -0.342 e. The van der Waals surface area contributed by atoms with Gasteiger partial charge in [0.05, 0.1) is 28.7 Å². The minimum atomic E-state index is -5.36. The summed E-state index contributed by atoms with van der Waals surface area (Å²) < 4.78 is 164. The molecule has 1 amide bonds. The monoisotopic (exact) mass is 745 g/mol. The molecular formula is C35H39F12N3O. The summed E-state index contributed by atoms with van der Waals surface area (Å²) in [5, 5.41) is 0. The Labute approximate surface area is 287 Å². The molecule has 0 spiro atoms. The fourth-order valence-corrected chi connectivity index (χ4v) is 7.86. The van der Waals surface area contributed by atoms with Gasteiger partial charge in [0.1, 0.15) is 0 Å². The molecule has 284 valence electrons. The lowest BCUT2D eigenvalue weighted by Gasteiger charge is -2.46. The number of hydrogen-bond acceptors (Lipinski definition) is 3. The second kappa shape index (κ2) is 14.8. The number of carbonyl (C=O) groups excluding carboxylic acids is 1. The predicted molar refractivity (Wildman–Crippen MR) is 164 cm³/mol. The standard InChI is InChI=1S/C35H39F12N3O/c36-32(37,38)25-17-23(18-26(20-25)33(39,40)41)19-30(51)50-13-4-9-31(22-50,24-5-6-28(34(42,43)44)29(21-24)35(45,46)47)10-16-48-14-7-27(8-15-48)49-11-2-1-3-12-49/h5-6,17-18,20-21,27H,1-4,7-16,19,22H2/t31-/m1/s1. The van der Waals surface area contributed by atoms with E-state index >= 15 is 0 Å². The molecule has 3 fully saturated rings. The molecule has 3 aliphatic heterocycles. The van der Waals surface area contributed by atoms with Gasteiger partial charge in [-0.1, -0.05) is 12.5 Å². The number of nitrogens with zero attached hydrogens (tertiary/aromatic N) is 3. The summed E-state index contributed by atoms with van der Waals surface area (Å²) in [6.07, 6.45) is -16.1. The van der Waals surface area contributed by atoms with E-state index in [9.17, 15) is 57.5 Å². The summed E-state index contributed by atoms with van der Waals surface area (Å²) in [5.74, 6) is -0.850. The van der Waals surface area contributed by atoms with Gasteiger partial charge in [-0.2, -0.15) is 52.7 Å². The number of hydrogen-bond donors (Lipinski definition) is 0. The molecule has 4 nitrogen and oxygen atoms in total. The third kappa shape index (κ3) is 9.51. The van der Waals surface area contributed by atoms with E-state index in [2.05, 4.69) is 9.80 Å². The van der Waals surface area contributed by atoms with E-state index in [4.69, 9.17) is 0 Å². The van der Waals surface area contributed by atoms with Gasteiger partial charge in [-0.25, -0.2) is 0 Å². The van der Waals surface area contributed by atoms with E-state index in [0.717, 1.165) is 44.8 Å². The Morgan fingerprint density at radius 2 is 1.25 bits per heavy atom. The van der Waals surface area contributed by atoms with Crippen LogP contribution in [0.25, 0.3) is 0 Å². The Hall–Kier alpha value is -3.01. The van der Waals surface area contributed by atoms with Crippen LogP contribution in [0.2, 0.25) is 0 Å². The average molecular weight is 746 g/mol. The number of amides is 1. The van der Waals surface area contributed by atoms with Crippen LogP contribution in [0.3, 0.4) is 0 Å². The van der Waals surface area contributed by atoms with Crippen molar-refractivity contribution in [2.75, 3.05) is 45.8 Å². The van der Waals surface area contributed by atoms with Crippen LogP contribution in [0.5, 0.6) is 0 Å². The van der Waals surface area contributed by atoms with Crippen LogP contribution in [-0.4, -0.2) is 72.5 Å². The zero-order valence-electron chi connectivity index (χ0n) is 27.6. The topological polar surface area (TPSA) is 26.8 Å². The van der Waals surface area contributed by atoms with Crippen molar-refractivity contribution in [3.8, 4) is 0 Å². The second-order valence-corrected chi connectivity index (χ2v) is 14.0. The van der Waals surface area contributed by atoms with E-state index in [0.29, 0.717) is 49.9 Å². The molecule has 1 atom stereocenters. The maximum atomic E-state index is 14.1. The molecule has 16 heteroatoms. The van der Waals surface area contributed by atoms with Gasteiger partial charge < -0.3 is 14.7 Å². The maximum absolute atomic E-state index is 14.1. The number of rotatable bonds is 7. The van der Waals surface area contributed by atoms with Gasteiger partial charge in [-0.3, -0.25) is 4.79 Å². The molecule has 5 rings (SSSR count). The van der Waals surface area contributed by atoms with Gasteiger partial charge >= 0.3 is 24.7 Å². The van der Waals surface area contributed by atoms with Crippen LogP contribution in [0.1, 0.15) is 84.7 Å². The van der Waals surface area contributed by atoms with E-state index in [-0.39, 0.29) is 44.0 Å². The highest BCUT2D eigenvalue weighted by atomic mass is 19.4. The van der Waals surface area contributed by atoms with E-state index < -0.39 is 70.3 Å². The maximum Gasteiger partial charge on any atom is 0.417 e. The fourth-order valence-electron chi connectivity index (χ4n) is 7.86. The highest BCUT2D eigenvalue weighted by Gasteiger charge is 2.46. The third-order valence-corrected chi connectivity index (χ3v) is 10.5. The van der Waals surface area contributed by atoms with Gasteiger partial charge in [0.15, 0.2) is 0 Å². The SMILES string of the molecule is O=C(Cc1cc(C(F)(F)F)cc(C(F)(F)F)c1)N1CCC[C@](CCN2CCC(N3CCCCC3)CC2)(c2ccc(C(F)(F)F)c(C(F)(F)F)c2)C1. The zero-order valence-corrected chi connectivity index (χ0v) is 27.6. The molecule has 0 bridgehead atoms. The molecule has 0 unspecified atom stereocenters. The first-order chi connectivity index (χ1) is 23.7. The Morgan fingerprint density at radius 3 is 1.80 bits per heavy atom. The largest absolute Gasteiger partial charge is 0.417 e. The molecule has 3 heterocycles. The highest BCUT2D eigenvalue weighted by Crippen LogP contribution is 2.45. The lowest BCUT2D eigenvalue weighted by atomic mass is 9.70. The van der Waals surface area contributed by atoms with Crippen LogP contribution in [0, 0.1) is 0 Å². The summed E-state index contributed by atoms with van der Waals surface area (Å²) in [5.41, 5.74) is -8.81. The molecule has 51 heavy (non-hydrogen) atoms. The Kier molecular flexibility index (Phi) is 11.4. The van der Waals surface area contributed by atoms with Gasteiger partial charge in [0.2, 0.25) is 5.91 Å². The van der Waals surface area contributed by atoms with Crippen LogP contribution in [0.15, 0.2) is 36.4 Å². The molecule has 0 saturated carbocycles. The second-order valence-electron chi connectivity index (χ2n) is 14.0. The Balaban J connectivity index is 1.42. The van der Waals surface area contributed by atoms with Crippen LogP contribution in [-0.2, 0) is 41.3 Å². The lowest BCUT2D eigenvalue weighted by molar-refractivity contribution is -0.162. The number of carbonyl (C=O) groups is 1. The summed E-state index contributed by atoms with van der Waals surface area (Å²) >= 11 is 0. The van der Waals surface area contributed by atoms with Crippen molar-refractivity contribution in [2.24, 2.45) is 0 Å². The van der Waals surface area contributed by atoms with Crippen molar-refractivity contribution in [1.29, 1.82) is 0 Å². The molecule has 2 aromatic rings. The number of halogens is 12. The van der Waals surface area contributed by atoms with Crippen molar-refractivity contribution in [3.63, 3.8) is 0 Å². The van der Waals surface area contributed by atoms with E-state index in [1.807, 2.05) is 0 Å². The van der Waals surface area contributed by atoms with Crippen molar-refractivity contribution >= 4 is 5.91 Å². The van der Waals surface area contributed by atoms with E-state index in [1.54, 1.807) is 0 Å². The van der Waals surface area contributed by atoms with E-state index in [1.165, 1.54) is 11.3 Å². The first-order valence-corrected chi connectivity index (χ1v) is 17.0. The van der Waals surface area contributed by atoms with Crippen molar-refractivity contribution < 1.29 is 57.5 Å². The van der Waals surface area contributed by atoms with Crippen LogP contribution < -0.4 is 0 Å². The van der Waals surface area contributed by atoms with Gasteiger partial charge in [-0.15, -0.1) is 0 Å². The predicted octanol–water partition coefficient (Wildman–Crippen LogP) is 9.21. The number of alkyl halides is 12. The normalized spacial score (nSPS) is 22.4. The third-order valence-electron chi connectivity index (χ3n) is 10.5. The molecule has 0 aromatic heterocycles.